The molecule has 0 atom stereocenters. The van der Waals surface area contributed by atoms with E-state index >= 15 is 0 Å². The molecule has 0 aliphatic rings. The molecule has 0 saturated heterocycles. The zero-order valence-electron chi connectivity index (χ0n) is 13.5. The average molecular weight is 435 g/mol. The van der Waals surface area contributed by atoms with Crippen LogP contribution in [0.3, 0.4) is 0 Å². The van der Waals surface area contributed by atoms with Crippen molar-refractivity contribution in [3.05, 3.63) is 68.6 Å². The summed E-state index contributed by atoms with van der Waals surface area (Å²) in [5.74, 6) is -0.983. The smallest absolute Gasteiger partial charge is 0.351 e. The van der Waals surface area contributed by atoms with Crippen LogP contribution in [0.1, 0.15) is 6.92 Å². The van der Waals surface area contributed by atoms with Gasteiger partial charge >= 0.3 is 5.97 Å². The predicted octanol–water partition coefficient (Wildman–Crippen LogP) is 4.94. The Morgan fingerprint density at radius 1 is 1.04 bits per heavy atom. The fourth-order valence-electron chi connectivity index (χ4n) is 1.98. The largest absolute Gasteiger partial charge is 0.462 e. The van der Waals surface area contributed by atoms with Crippen LogP contribution in [0.15, 0.2) is 58.5 Å². The maximum atomic E-state index is 12.8. The van der Waals surface area contributed by atoms with Crippen molar-refractivity contribution in [2.75, 3.05) is 11.9 Å². The number of anilines is 1. The Kier molecular flexibility index (Phi) is 6.94. The minimum atomic E-state index is -4.13. The summed E-state index contributed by atoms with van der Waals surface area (Å²) in [6.45, 7) is 1.60. The molecular weight excluding hydrogens is 421 g/mol. The van der Waals surface area contributed by atoms with Crippen LogP contribution in [0.25, 0.3) is 0 Å². The first-order chi connectivity index (χ1) is 12.2. The highest BCUT2D eigenvalue weighted by molar-refractivity contribution is 7.96. The molecule has 2 aromatic carbocycles. The average Bonchev–Trinajstić information content (AvgIpc) is 2.54. The second-order valence-electron chi connectivity index (χ2n) is 4.99. The minimum Gasteiger partial charge on any atom is -0.462 e. The molecule has 0 amide bonds. The van der Waals surface area contributed by atoms with Crippen molar-refractivity contribution in [1.82, 2.24) is 0 Å². The van der Waals surface area contributed by atoms with Gasteiger partial charge in [-0.3, -0.25) is 0 Å². The molecule has 0 spiro atoms. The van der Waals surface area contributed by atoms with Crippen LogP contribution in [0.2, 0.25) is 15.1 Å². The van der Waals surface area contributed by atoms with Crippen molar-refractivity contribution >= 4 is 56.3 Å². The fraction of sp³-hybridized carbons (Fsp3) is 0.118. The number of carbonyl (C=O) groups excluding carboxylic acids is 1. The number of benzene rings is 2. The van der Waals surface area contributed by atoms with Gasteiger partial charge in [0.2, 0.25) is 9.84 Å². The molecule has 2 rings (SSSR count). The SMILES string of the molecule is CCOC(=O)/C(=C/Nc1cc(Cl)cc(Cl)c1)S(=O)(=O)c1ccc(Cl)cc1. The van der Waals surface area contributed by atoms with Crippen LogP contribution >= 0.6 is 34.8 Å². The highest BCUT2D eigenvalue weighted by Gasteiger charge is 2.28. The molecule has 0 unspecified atom stereocenters. The normalized spacial score (nSPS) is 11.9. The van der Waals surface area contributed by atoms with E-state index in [0.29, 0.717) is 20.8 Å². The first-order valence-electron chi connectivity index (χ1n) is 7.34. The van der Waals surface area contributed by atoms with Crippen LogP contribution in [0.4, 0.5) is 5.69 Å². The number of hydrogen-bond acceptors (Lipinski definition) is 5. The maximum absolute atomic E-state index is 12.8. The van der Waals surface area contributed by atoms with E-state index in [1.165, 1.54) is 42.5 Å². The fourth-order valence-corrected chi connectivity index (χ4v) is 3.87. The number of carbonyl (C=O) groups is 1. The molecule has 0 fully saturated rings. The lowest BCUT2D eigenvalue weighted by molar-refractivity contribution is -0.137. The van der Waals surface area contributed by atoms with E-state index in [2.05, 4.69) is 5.32 Å². The van der Waals surface area contributed by atoms with E-state index in [0.717, 1.165) is 6.20 Å². The van der Waals surface area contributed by atoms with Gasteiger partial charge in [0.25, 0.3) is 0 Å². The summed E-state index contributed by atoms with van der Waals surface area (Å²) in [6.07, 6.45) is 1.05. The number of esters is 1. The van der Waals surface area contributed by atoms with Gasteiger partial charge in [0.1, 0.15) is 0 Å². The number of rotatable bonds is 6. The summed E-state index contributed by atoms with van der Waals surface area (Å²) < 4.78 is 30.5. The summed E-state index contributed by atoms with van der Waals surface area (Å²) in [5.41, 5.74) is 0.413. The van der Waals surface area contributed by atoms with Crippen molar-refractivity contribution in [2.24, 2.45) is 0 Å². The zero-order valence-corrected chi connectivity index (χ0v) is 16.6. The molecule has 2 aromatic rings. The molecule has 0 aliphatic carbocycles. The molecule has 0 saturated carbocycles. The van der Waals surface area contributed by atoms with Crippen molar-refractivity contribution in [2.45, 2.75) is 11.8 Å². The number of halogens is 3. The van der Waals surface area contributed by atoms with E-state index in [-0.39, 0.29) is 11.5 Å². The van der Waals surface area contributed by atoms with Crippen molar-refractivity contribution in [1.29, 1.82) is 0 Å². The Morgan fingerprint density at radius 3 is 2.15 bits per heavy atom. The second-order valence-corrected chi connectivity index (χ2v) is 8.22. The molecule has 0 aromatic heterocycles. The molecule has 26 heavy (non-hydrogen) atoms. The van der Waals surface area contributed by atoms with Crippen molar-refractivity contribution in [3.63, 3.8) is 0 Å². The summed E-state index contributed by atoms with van der Waals surface area (Å²) in [7, 11) is -4.13. The molecule has 1 N–H and O–H groups in total. The van der Waals surface area contributed by atoms with Gasteiger partial charge in [-0.2, -0.15) is 0 Å². The third-order valence-corrected chi connectivity index (χ3v) is 5.57. The van der Waals surface area contributed by atoms with Gasteiger partial charge in [-0.25, -0.2) is 13.2 Å². The van der Waals surface area contributed by atoms with Crippen LogP contribution in [-0.4, -0.2) is 21.0 Å². The topological polar surface area (TPSA) is 72.5 Å². The minimum absolute atomic E-state index is 0.0231. The molecule has 0 heterocycles. The van der Waals surface area contributed by atoms with E-state index in [4.69, 9.17) is 39.5 Å². The Morgan fingerprint density at radius 2 is 1.62 bits per heavy atom. The van der Waals surface area contributed by atoms with Gasteiger partial charge < -0.3 is 10.1 Å². The lowest BCUT2D eigenvalue weighted by atomic mass is 10.3. The van der Waals surface area contributed by atoms with Crippen molar-refractivity contribution in [3.8, 4) is 0 Å². The Labute approximate surface area is 166 Å². The van der Waals surface area contributed by atoms with Gasteiger partial charge in [0.05, 0.1) is 11.5 Å². The van der Waals surface area contributed by atoms with E-state index in [1.54, 1.807) is 6.92 Å². The highest BCUT2D eigenvalue weighted by Crippen LogP contribution is 2.25. The Hall–Kier alpha value is -1.73. The van der Waals surface area contributed by atoms with Crippen LogP contribution < -0.4 is 5.32 Å². The first kappa shape index (κ1) is 20.6. The van der Waals surface area contributed by atoms with Crippen LogP contribution in [-0.2, 0) is 19.4 Å². The number of sulfone groups is 1. The summed E-state index contributed by atoms with van der Waals surface area (Å²) in [6, 6.07) is 10.0. The molecule has 138 valence electrons. The monoisotopic (exact) mass is 433 g/mol. The second kappa shape index (κ2) is 8.77. The third-order valence-electron chi connectivity index (χ3n) is 3.12. The molecule has 0 radical (unpaired) electrons. The quantitative estimate of drug-likeness (QED) is 0.515. The number of hydrogen-bond donors (Lipinski definition) is 1. The van der Waals surface area contributed by atoms with Gasteiger partial charge in [0.15, 0.2) is 4.91 Å². The summed E-state index contributed by atoms with van der Waals surface area (Å²) in [4.78, 5) is 11.5. The Balaban J connectivity index is 2.45. The van der Waals surface area contributed by atoms with E-state index in [1.807, 2.05) is 0 Å². The lowest BCUT2D eigenvalue weighted by Gasteiger charge is -2.10. The van der Waals surface area contributed by atoms with Crippen molar-refractivity contribution < 1.29 is 17.9 Å². The molecule has 0 aliphatic heterocycles. The van der Waals surface area contributed by atoms with E-state index in [9.17, 15) is 13.2 Å². The molecule has 5 nitrogen and oxygen atoms in total. The van der Waals surface area contributed by atoms with Gasteiger partial charge in [-0.1, -0.05) is 34.8 Å². The standard InChI is InChI=1S/C17H14Cl3NO4S/c1-2-25-17(22)16(10-21-14-8-12(19)7-13(20)9-14)26(23,24)15-5-3-11(18)4-6-15/h3-10,21H,2H2,1H3/b16-10-. The number of ether oxygens (including phenoxy) is 1. The summed E-state index contributed by atoms with van der Waals surface area (Å²) >= 11 is 17.6. The van der Waals surface area contributed by atoms with Crippen LogP contribution in [0.5, 0.6) is 0 Å². The van der Waals surface area contributed by atoms with Crippen LogP contribution in [0, 0.1) is 0 Å². The first-order valence-corrected chi connectivity index (χ1v) is 9.96. The molecule has 9 heteroatoms. The maximum Gasteiger partial charge on any atom is 0.351 e. The predicted molar refractivity (Wildman–Crippen MR) is 103 cm³/mol. The lowest BCUT2D eigenvalue weighted by Crippen LogP contribution is -2.18. The summed E-state index contributed by atoms with van der Waals surface area (Å²) in [5, 5.41) is 3.80. The molecule has 0 bridgehead atoms. The van der Waals surface area contributed by atoms with Gasteiger partial charge in [-0.15, -0.1) is 0 Å². The van der Waals surface area contributed by atoms with Gasteiger partial charge in [-0.05, 0) is 49.4 Å². The zero-order chi connectivity index (χ0) is 19.3. The highest BCUT2D eigenvalue weighted by atomic mass is 35.5. The molecular formula is C17H14Cl3NO4S. The van der Waals surface area contributed by atoms with Gasteiger partial charge in [0, 0.05) is 27.0 Å². The van der Waals surface area contributed by atoms with E-state index < -0.39 is 20.7 Å². The third kappa shape index (κ3) is 5.14. The Bertz CT molecular complexity index is 921. The number of nitrogens with one attached hydrogen (secondary N) is 1.